The van der Waals surface area contributed by atoms with Crippen molar-refractivity contribution in [2.75, 3.05) is 11.1 Å². The van der Waals surface area contributed by atoms with Gasteiger partial charge in [-0.3, -0.25) is 29.4 Å². The first-order valence-electron chi connectivity index (χ1n) is 10.9. The molecule has 3 aliphatic rings. The molecule has 4 N–H and O–H groups in total. The van der Waals surface area contributed by atoms with Crippen molar-refractivity contribution >= 4 is 35.0 Å². The molecule has 1 aliphatic carbocycles. The molecule has 5 rings (SSSR count). The molecule has 1 atom stereocenters. The van der Waals surface area contributed by atoms with Crippen LogP contribution in [0.25, 0.3) is 0 Å². The molecule has 1 fully saturated rings. The van der Waals surface area contributed by atoms with E-state index in [-0.39, 0.29) is 18.7 Å². The maximum absolute atomic E-state index is 13.2. The Labute approximate surface area is 185 Å². The number of nitrogens with two attached hydrogens (primary N) is 1. The average Bonchev–Trinajstić information content (AvgIpc) is 3.04. The molecule has 1 unspecified atom stereocenters. The fraction of sp³-hybridized carbons (Fsp3) is 0.333. The third kappa shape index (κ3) is 3.23. The number of hydrogen-bond acceptors (Lipinski definition) is 6. The summed E-state index contributed by atoms with van der Waals surface area (Å²) in [4.78, 5) is 51.0. The first-order valence-corrected chi connectivity index (χ1v) is 10.9. The molecule has 32 heavy (non-hydrogen) atoms. The summed E-state index contributed by atoms with van der Waals surface area (Å²) < 4.78 is 0. The van der Waals surface area contributed by atoms with Crippen molar-refractivity contribution in [1.82, 2.24) is 10.2 Å². The fourth-order valence-electron chi connectivity index (χ4n) is 4.98. The zero-order chi connectivity index (χ0) is 22.4. The van der Waals surface area contributed by atoms with Gasteiger partial charge in [0, 0.05) is 24.3 Å². The van der Waals surface area contributed by atoms with Gasteiger partial charge in [0.2, 0.25) is 11.8 Å². The zero-order valence-electron chi connectivity index (χ0n) is 17.6. The number of nitrogens with zero attached hydrogens (tertiary/aromatic N) is 1. The Morgan fingerprint density at radius 3 is 2.53 bits per heavy atom. The van der Waals surface area contributed by atoms with Crippen molar-refractivity contribution in [1.29, 1.82) is 0 Å². The molecule has 0 bridgehead atoms. The molecule has 4 amide bonds. The Balaban J connectivity index is 1.42. The van der Waals surface area contributed by atoms with E-state index in [4.69, 9.17) is 5.73 Å². The van der Waals surface area contributed by atoms with Gasteiger partial charge in [-0.15, -0.1) is 0 Å². The van der Waals surface area contributed by atoms with Gasteiger partial charge in [-0.1, -0.05) is 12.1 Å². The van der Waals surface area contributed by atoms with Crippen LogP contribution in [-0.2, 0) is 29.0 Å². The minimum Gasteiger partial charge on any atom is -0.398 e. The monoisotopic (exact) mass is 432 g/mol. The normalized spacial score (nSPS) is 20.1. The summed E-state index contributed by atoms with van der Waals surface area (Å²) in [6.45, 7) is 0.363. The third-order valence-electron chi connectivity index (χ3n) is 6.59. The highest BCUT2D eigenvalue weighted by molar-refractivity contribution is 6.24. The molecule has 2 aromatic carbocycles. The number of amides is 4. The summed E-state index contributed by atoms with van der Waals surface area (Å²) in [6.07, 6.45) is 4.39. The van der Waals surface area contributed by atoms with Crippen LogP contribution in [0.15, 0.2) is 30.3 Å². The van der Waals surface area contributed by atoms with Gasteiger partial charge in [-0.2, -0.15) is 0 Å². The van der Waals surface area contributed by atoms with E-state index < -0.39 is 23.8 Å². The number of rotatable bonds is 4. The lowest BCUT2D eigenvalue weighted by atomic mass is 9.89. The molecule has 2 heterocycles. The summed E-state index contributed by atoms with van der Waals surface area (Å²) >= 11 is 0. The number of fused-ring (bicyclic) bond motifs is 2. The first kappa shape index (κ1) is 20.2. The predicted octanol–water partition coefficient (Wildman–Crippen LogP) is 2.16. The number of carbonyl (C=O) groups is 4. The number of hydrogen-bond donors (Lipinski definition) is 3. The summed E-state index contributed by atoms with van der Waals surface area (Å²) in [6, 6.07) is 8.06. The topological polar surface area (TPSA) is 122 Å². The van der Waals surface area contributed by atoms with Crippen LogP contribution in [0.4, 0.5) is 11.4 Å². The Morgan fingerprint density at radius 2 is 1.75 bits per heavy atom. The van der Waals surface area contributed by atoms with E-state index in [9.17, 15) is 19.2 Å². The van der Waals surface area contributed by atoms with E-state index in [0.717, 1.165) is 42.0 Å². The van der Waals surface area contributed by atoms with Crippen LogP contribution < -0.4 is 16.4 Å². The number of piperidine rings is 1. The minimum absolute atomic E-state index is 0.0977. The van der Waals surface area contributed by atoms with E-state index in [2.05, 4.69) is 10.6 Å². The molecule has 8 nitrogen and oxygen atoms in total. The molecule has 2 aliphatic heterocycles. The van der Waals surface area contributed by atoms with Crippen LogP contribution in [0.2, 0.25) is 0 Å². The fourth-order valence-corrected chi connectivity index (χ4v) is 4.98. The van der Waals surface area contributed by atoms with Crippen molar-refractivity contribution in [3.05, 3.63) is 58.1 Å². The molecular weight excluding hydrogens is 408 g/mol. The highest BCUT2D eigenvalue weighted by Gasteiger charge is 2.45. The van der Waals surface area contributed by atoms with Gasteiger partial charge in [-0.25, -0.2) is 0 Å². The number of benzene rings is 2. The maximum Gasteiger partial charge on any atom is 0.262 e. The Bertz CT molecular complexity index is 1170. The molecular formula is C24H24N4O4. The largest absolute Gasteiger partial charge is 0.398 e. The quantitative estimate of drug-likeness (QED) is 0.503. The number of nitrogen functional groups attached to an aromatic ring is 1. The third-order valence-corrected chi connectivity index (χ3v) is 6.59. The molecule has 0 radical (unpaired) electrons. The summed E-state index contributed by atoms with van der Waals surface area (Å²) in [5, 5.41) is 5.65. The van der Waals surface area contributed by atoms with Gasteiger partial charge in [0.05, 0.1) is 11.1 Å². The maximum atomic E-state index is 13.2. The molecule has 1 saturated heterocycles. The Kier molecular flexibility index (Phi) is 4.92. The zero-order valence-corrected chi connectivity index (χ0v) is 17.6. The van der Waals surface area contributed by atoms with Crippen molar-refractivity contribution in [3.8, 4) is 0 Å². The van der Waals surface area contributed by atoms with Gasteiger partial charge < -0.3 is 11.1 Å². The van der Waals surface area contributed by atoms with Crippen molar-refractivity contribution in [3.63, 3.8) is 0 Å². The standard InChI is InChI=1S/C24H24N4O4/c25-17-8-9-18(15-6-2-1-5-14(15)17)26-12-13-4-3-7-16-21(13)24(32)28(23(16)31)19-10-11-20(29)27-22(19)30/h3-4,7-9,19,26H,1-2,5-6,10-12,25H2,(H,27,29,30). The highest BCUT2D eigenvalue weighted by atomic mass is 16.2. The number of carbonyl (C=O) groups excluding carboxylic acids is 4. The van der Waals surface area contributed by atoms with Crippen molar-refractivity contribution in [2.24, 2.45) is 0 Å². The molecule has 2 aromatic rings. The van der Waals surface area contributed by atoms with E-state index in [1.165, 1.54) is 11.1 Å². The lowest BCUT2D eigenvalue weighted by Crippen LogP contribution is -2.54. The van der Waals surface area contributed by atoms with E-state index in [1.807, 2.05) is 18.2 Å². The molecule has 164 valence electrons. The van der Waals surface area contributed by atoms with Crippen LogP contribution in [-0.4, -0.2) is 34.6 Å². The molecule has 8 heteroatoms. The summed E-state index contributed by atoms with van der Waals surface area (Å²) in [5.41, 5.74) is 11.7. The first-order chi connectivity index (χ1) is 15.5. The SMILES string of the molecule is Nc1ccc(NCc2cccc3c2C(=O)N(C2CCC(=O)NC2=O)C3=O)c2c1CCCC2. The van der Waals surface area contributed by atoms with Crippen LogP contribution in [0.1, 0.15) is 63.1 Å². The molecule has 0 saturated carbocycles. The van der Waals surface area contributed by atoms with Crippen LogP contribution >= 0.6 is 0 Å². The number of anilines is 2. The number of nitrogens with one attached hydrogen (secondary N) is 2. The highest BCUT2D eigenvalue weighted by Crippen LogP contribution is 2.34. The second-order valence-corrected chi connectivity index (χ2v) is 8.51. The molecule has 0 spiro atoms. The lowest BCUT2D eigenvalue weighted by molar-refractivity contribution is -0.136. The minimum atomic E-state index is -0.968. The second kappa shape index (κ2) is 7.78. The summed E-state index contributed by atoms with van der Waals surface area (Å²) in [5.74, 6) is -1.98. The second-order valence-electron chi connectivity index (χ2n) is 8.51. The van der Waals surface area contributed by atoms with E-state index in [0.29, 0.717) is 23.2 Å². The van der Waals surface area contributed by atoms with Crippen LogP contribution in [0.3, 0.4) is 0 Å². The van der Waals surface area contributed by atoms with E-state index in [1.54, 1.807) is 12.1 Å². The van der Waals surface area contributed by atoms with Gasteiger partial charge in [-0.05, 0) is 67.0 Å². The molecule has 0 aromatic heterocycles. The summed E-state index contributed by atoms with van der Waals surface area (Å²) in [7, 11) is 0. The Hall–Kier alpha value is -3.68. The van der Waals surface area contributed by atoms with Crippen molar-refractivity contribution in [2.45, 2.75) is 51.1 Å². The number of imide groups is 2. The smallest absolute Gasteiger partial charge is 0.262 e. The van der Waals surface area contributed by atoms with Crippen LogP contribution in [0.5, 0.6) is 0 Å². The average molecular weight is 432 g/mol. The lowest BCUT2D eigenvalue weighted by Gasteiger charge is -2.27. The van der Waals surface area contributed by atoms with E-state index >= 15 is 0 Å². The predicted molar refractivity (Wildman–Crippen MR) is 118 cm³/mol. The van der Waals surface area contributed by atoms with Gasteiger partial charge >= 0.3 is 0 Å². The van der Waals surface area contributed by atoms with Crippen LogP contribution in [0, 0.1) is 0 Å². The van der Waals surface area contributed by atoms with Gasteiger partial charge in [0.25, 0.3) is 11.8 Å². The van der Waals surface area contributed by atoms with Gasteiger partial charge in [0.1, 0.15) is 6.04 Å². The van der Waals surface area contributed by atoms with Crippen molar-refractivity contribution < 1.29 is 19.2 Å². The van der Waals surface area contributed by atoms with Gasteiger partial charge in [0.15, 0.2) is 0 Å². The Morgan fingerprint density at radius 1 is 0.969 bits per heavy atom.